The van der Waals surface area contributed by atoms with Gasteiger partial charge in [0.15, 0.2) is 0 Å². The Morgan fingerprint density at radius 2 is 2.13 bits per heavy atom. The van der Waals surface area contributed by atoms with Crippen molar-refractivity contribution in [1.29, 1.82) is 0 Å². The van der Waals surface area contributed by atoms with Gasteiger partial charge in [0.2, 0.25) is 5.91 Å². The number of carbonyl (C=O) groups is 1. The smallest absolute Gasteiger partial charge is 0.222 e. The molecule has 1 saturated heterocycles. The largest absolute Gasteiger partial charge is 0.393 e. The molecule has 2 atom stereocenters. The normalized spacial score (nSPS) is 24.7. The molecule has 1 heterocycles. The Morgan fingerprint density at radius 3 is 2.67 bits per heavy atom. The van der Waals surface area contributed by atoms with Crippen molar-refractivity contribution in [3.8, 4) is 0 Å². The topological polar surface area (TPSA) is 40.5 Å². The van der Waals surface area contributed by atoms with Crippen LogP contribution in [0.2, 0.25) is 0 Å². The van der Waals surface area contributed by atoms with Gasteiger partial charge in [0.05, 0.1) is 6.10 Å². The van der Waals surface area contributed by atoms with Crippen molar-refractivity contribution in [2.45, 2.75) is 58.6 Å². The molecular formula is C12H23NO2. The van der Waals surface area contributed by atoms with E-state index in [9.17, 15) is 9.90 Å². The molecule has 1 fully saturated rings. The summed E-state index contributed by atoms with van der Waals surface area (Å²) < 4.78 is 0. The van der Waals surface area contributed by atoms with Crippen LogP contribution < -0.4 is 0 Å². The Hall–Kier alpha value is -0.570. The van der Waals surface area contributed by atoms with E-state index in [0.29, 0.717) is 31.3 Å². The highest BCUT2D eigenvalue weighted by Crippen LogP contribution is 2.24. The van der Waals surface area contributed by atoms with Gasteiger partial charge < -0.3 is 10.0 Å². The fourth-order valence-corrected chi connectivity index (χ4v) is 2.26. The van der Waals surface area contributed by atoms with Crippen LogP contribution in [-0.4, -0.2) is 34.6 Å². The highest BCUT2D eigenvalue weighted by Gasteiger charge is 2.29. The number of amides is 1. The Bertz CT molecular complexity index is 214. The van der Waals surface area contributed by atoms with Crippen LogP contribution in [0.25, 0.3) is 0 Å². The summed E-state index contributed by atoms with van der Waals surface area (Å²) in [6, 6.07) is 0.380. The molecular weight excluding hydrogens is 190 g/mol. The molecule has 0 saturated carbocycles. The van der Waals surface area contributed by atoms with E-state index in [-0.39, 0.29) is 12.0 Å². The highest BCUT2D eigenvalue weighted by atomic mass is 16.3. The number of nitrogens with zero attached hydrogens (tertiary/aromatic N) is 1. The van der Waals surface area contributed by atoms with E-state index in [1.807, 2.05) is 4.90 Å². The first kappa shape index (κ1) is 12.5. The van der Waals surface area contributed by atoms with Crippen molar-refractivity contribution >= 4 is 5.91 Å². The Labute approximate surface area is 92.5 Å². The lowest BCUT2D eigenvalue weighted by Crippen LogP contribution is -2.47. The fraction of sp³-hybridized carbons (Fsp3) is 0.917. The van der Waals surface area contributed by atoms with Crippen molar-refractivity contribution in [2.24, 2.45) is 5.92 Å². The standard InChI is InChI=1S/C12H23NO2/c1-9(2)11-5-4-6-12(15)13(11)8-7-10(3)14/h9-11,14H,4-8H2,1-3H3. The number of aliphatic hydroxyl groups is 1. The number of piperidine rings is 1. The molecule has 3 nitrogen and oxygen atoms in total. The molecule has 1 rings (SSSR count). The maximum Gasteiger partial charge on any atom is 0.222 e. The second-order valence-electron chi connectivity index (χ2n) is 4.93. The van der Waals surface area contributed by atoms with Gasteiger partial charge in [0.25, 0.3) is 0 Å². The molecule has 0 aromatic carbocycles. The first-order valence-corrected chi connectivity index (χ1v) is 6.00. The van der Waals surface area contributed by atoms with Crippen LogP contribution in [0.4, 0.5) is 0 Å². The molecule has 3 heteroatoms. The predicted octanol–water partition coefficient (Wildman–Crippen LogP) is 1.79. The van der Waals surface area contributed by atoms with E-state index in [0.717, 1.165) is 12.8 Å². The van der Waals surface area contributed by atoms with Gasteiger partial charge in [-0.2, -0.15) is 0 Å². The average Bonchev–Trinajstić information content (AvgIpc) is 2.15. The van der Waals surface area contributed by atoms with Crippen LogP contribution in [0.3, 0.4) is 0 Å². The molecule has 1 aliphatic heterocycles. The van der Waals surface area contributed by atoms with Gasteiger partial charge in [0, 0.05) is 19.0 Å². The second-order valence-corrected chi connectivity index (χ2v) is 4.93. The summed E-state index contributed by atoms with van der Waals surface area (Å²) >= 11 is 0. The molecule has 0 spiro atoms. The Balaban J connectivity index is 2.56. The number of carbonyl (C=O) groups excluding carboxylic acids is 1. The van der Waals surface area contributed by atoms with Crippen LogP contribution in [0.5, 0.6) is 0 Å². The minimum atomic E-state index is -0.312. The zero-order valence-electron chi connectivity index (χ0n) is 10.1. The maximum absolute atomic E-state index is 11.8. The van der Waals surface area contributed by atoms with Gasteiger partial charge in [-0.05, 0) is 32.1 Å². The van der Waals surface area contributed by atoms with Crippen molar-refractivity contribution in [3.63, 3.8) is 0 Å². The molecule has 0 radical (unpaired) electrons. The Kier molecular flexibility index (Phi) is 4.58. The van der Waals surface area contributed by atoms with E-state index in [1.54, 1.807) is 6.92 Å². The van der Waals surface area contributed by atoms with Gasteiger partial charge in [-0.3, -0.25) is 4.79 Å². The number of likely N-dealkylation sites (tertiary alicyclic amines) is 1. The molecule has 88 valence electrons. The molecule has 0 bridgehead atoms. The lowest BCUT2D eigenvalue weighted by Gasteiger charge is -2.38. The third-order valence-corrected chi connectivity index (χ3v) is 3.17. The molecule has 0 aliphatic carbocycles. The number of rotatable bonds is 4. The summed E-state index contributed by atoms with van der Waals surface area (Å²) in [6.07, 6.45) is 3.20. The van der Waals surface area contributed by atoms with Gasteiger partial charge >= 0.3 is 0 Å². The van der Waals surface area contributed by atoms with Crippen LogP contribution >= 0.6 is 0 Å². The molecule has 1 N–H and O–H groups in total. The van der Waals surface area contributed by atoms with Gasteiger partial charge in [0.1, 0.15) is 0 Å². The van der Waals surface area contributed by atoms with Gasteiger partial charge in [-0.15, -0.1) is 0 Å². The Morgan fingerprint density at radius 1 is 1.47 bits per heavy atom. The fourth-order valence-electron chi connectivity index (χ4n) is 2.26. The zero-order chi connectivity index (χ0) is 11.4. The first-order chi connectivity index (χ1) is 7.02. The van der Waals surface area contributed by atoms with Crippen LogP contribution in [0.1, 0.15) is 46.5 Å². The molecule has 2 unspecified atom stereocenters. The monoisotopic (exact) mass is 213 g/mol. The van der Waals surface area contributed by atoms with E-state index >= 15 is 0 Å². The summed E-state index contributed by atoms with van der Waals surface area (Å²) in [7, 11) is 0. The van der Waals surface area contributed by atoms with E-state index in [1.165, 1.54) is 0 Å². The van der Waals surface area contributed by atoms with Crippen molar-refractivity contribution in [3.05, 3.63) is 0 Å². The second kappa shape index (κ2) is 5.50. The number of hydrogen-bond acceptors (Lipinski definition) is 2. The predicted molar refractivity (Wildman–Crippen MR) is 60.5 cm³/mol. The highest BCUT2D eigenvalue weighted by molar-refractivity contribution is 5.77. The van der Waals surface area contributed by atoms with E-state index in [4.69, 9.17) is 0 Å². The van der Waals surface area contributed by atoms with Crippen LogP contribution in [0, 0.1) is 5.92 Å². The average molecular weight is 213 g/mol. The van der Waals surface area contributed by atoms with Crippen molar-refractivity contribution in [1.82, 2.24) is 4.90 Å². The number of hydrogen-bond donors (Lipinski definition) is 1. The zero-order valence-corrected chi connectivity index (χ0v) is 10.1. The summed E-state index contributed by atoms with van der Waals surface area (Å²) in [4.78, 5) is 13.7. The minimum absolute atomic E-state index is 0.264. The third-order valence-electron chi connectivity index (χ3n) is 3.17. The summed E-state index contributed by atoms with van der Waals surface area (Å²) in [6.45, 7) is 6.81. The SMILES string of the molecule is CC(O)CCN1C(=O)CCCC1C(C)C. The maximum atomic E-state index is 11.8. The molecule has 0 aromatic heterocycles. The first-order valence-electron chi connectivity index (χ1n) is 6.00. The van der Waals surface area contributed by atoms with Gasteiger partial charge in [-0.1, -0.05) is 13.8 Å². The number of aliphatic hydroxyl groups excluding tert-OH is 1. The van der Waals surface area contributed by atoms with Crippen molar-refractivity contribution in [2.75, 3.05) is 6.54 Å². The van der Waals surface area contributed by atoms with Crippen molar-refractivity contribution < 1.29 is 9.90 Å². The van der Waals surface area contributed by atoms with Crippen LogP contribution in [0.15, 0.2) is 0 Å². The minimum Gasteiger partial charge on any atom is -0.393 e. The molecule has 0 aromatic rings. The quantitative estimate of drug-likeness (QED) is 0.773. The lowest BCUT2D eigenvalue weighted by atomic mass is 9.92. The summed E-state index contributed by atoms with van der Waals surface area (Å²) in [5.41, 5.74) is 0. The molecule has 1 aliphatic rings. The van der Waals surface area contributed by atoms with E-state index in [2.05, 4.69) is 13.8 Å². The van der Waals surface area contributed by atoms with Crippen LogP contribution in [-0.2, 0) is 4.79 Å². The summed E-state index contributed by atoms with van der Waals surface area (Å²) in [5, 5.41) is 9.26. The van der Waals surface area contributed by atoms with Gasteiger partial charge in [-0.25, -0.2) is 0 Å². The summed E-state index contributed by atoms with van der Waals surface area (Å²) in [5.74, 6) is 0.781. The lowest BCUT2D eigenvalue weighted by molar-refractivity contribution is -0.138. The van der Waals surface area contributed by atoms with E-state index < -0.39 is 0 Å². The third kappa shape index (κ3) is 3.49. The molecule has 15 heavy (non-hydrogen) atoms. The molecule has 1 amide bonds.